The minimum Gasteiger partial charge on any atom is -0.375 e. The Kier molecular flexibility index (Phi) is 5.26. The molecule has 0 amide bonds. The normalized spacial score (nSPS) is 30.5. The molecule has 2 atom stereocenters. The molecule has 2 aliphatic rings. The second-order valence-electron chi connectivity index (χ2n) is 5.76. The van der Waals surface area contributed by atoms with Crippen LogP contribution in [0.3, 0.4) is 0 Å². The first-order valence-electron chi connectivity index (χ1n) is 7.36. The lowest BCUT2D eigenvalue weighted by molar-refractivity contribution is -0.0880. The molecule has 0 radical (unpaired) electrons. The van der Waals surface area contributed by atoms with Crippen molar-refractivity contribution >= 4 is 0 Å². The Morgan fingerprint density at radius 1 is 1.29 bits per heavy atom. The molecular weight excluding hydrogens is 212 g/mol. The summed E-state index contributed by atoms with van der Waals surface area (Å²) in [4.78, 5) is 2.68. The van der Waals surface area contributed by atoms with Crippen molar-refractivity contribution in [3.05, 3.63) is 0 Å². The molecule has 2 rings (SSSR count). The van der Waals surface area contributed by atoms with E-state index >= 15 is 0 Å². The smallest absolute Gasteiger partial charge is 0.0730 e. The average molecular weight is 240 g/mol. The van der Waals surface area contributed by atoms with E-state index in [0.29, 0.717) is 12.1 Å². The second-order valence-corrected chi connectivity index (χ2v) is 5.76. The maximum absolute atomic E-state index is 5.90. The summed E-state index contributed by atoms with van der Waals surface area (Å²) in [6, 6.07) is 1.33. The predicted octanol–water partition coefficient (Wildman–Crippen LogP) is 2.02. The first-order chi connectivity index (χ1) is 8.27. The van der Waals surface area contributed by atoms with Crippen molar-refractivity contribution in [1.29, 1.82) is 0 Å². The molecular formula is C14H28N2O. The van der Waals surface area contributed by atoms with Crippen molar-refractivity contribution in [3.63, 3.8) is 0 Å². The van der Waals surface area contributed by atoms with Crippen LogP contribution >= 0.6 is 0 Å². The van der Waals surface area contributed by atoms with E-state index < -0.39 is 0 Å². The van der Waals surface area contributed by atoms with E-state index in [9.17, 15) is 0 Å². The van der Waals surface area contributed by atoms with Crippen molar-refractivity contribution in [2.24, 2.45) is 0 Å². The summed E-state index contributed by atoms with van der Waals surface area (Å²) in [5, 5.41) is 3.50. The topological polar surface area (TPSA) is 24.5 Å². The minimum atomic E-state index is 0.538. The van der Waals surface area contributed by atoms with Gasteiger partial charge in [-0.05, 0) is 32.4 Å². The van der Waals surface area contributed by atoms with E-state index in [-0.39, 0.29) is 0 Å². The fraction of sp³-hybridized carbons (Fsp3) is 1.00. The molecule has 0 aromatic heterocycles. The van der Waals surface area contributed by atoms with Crippen molar-refractivity contribution in [1.82, 2.24) is 10.2 Å². The van der Waals surface area contributed by atoms with Gasteiger partial charge in [-0.15, -0.1) is 0 Å². The van der Waals surface area contributed by atoms with Crippen molar-refractivity contribution < 1.29 is 4.74 Å². The summed E-state index contributed by atoms with van der Waals surface area (Å²) >= 11 is 0. The van der Waals surface area contributed by atoms with Crippen molar-refractivity contribution in [3.8, 4) is 0 Å². The first-order valence-corrected chi connectivity index (χ1v) is 7.36. The van der Waals surface area contributed by atoms with E-state index in [1.54, 1.807) is 0 Å². The van der Waals surface area contributed by atoms with Crippen LogP contribution in [-0.4, -0.2) is 49.3 Å². The summed E-state index contributed by atoms with van der Waals surface area (Å²) in [5.41, 5.74) is 0. The lowest BCUT2D eigenvalue weighted by atomic mass is 9.90. The van der Waals surface area contributed by atoms with E-state index in [1.165, 1.54) is 38.6 Å². The van der Waals surface area contributed by atoms with Gasteiger partial charge in [-0.25, -0.2) is 0 Å². The highest BCUT2D eigenvalue weighted by molar-refractivity contribution is 4.87. The SMILES string of the molecule is CC(C)NCCCN1CCOC2CCCCC21. The van der Waals surface area contributed by atoms with Crippen molar-refractivity contribution in [2.75, 3.05) is 26.2 Å². The fourth-order valence-corrected chi connectivity index (χ4v) is 3.13. The number of fused-ring (bicyclic) bond motifs is 1. The highest BCUT2D eigenvalue weighted by atomic mass is 16.5. The van der Waals surface area contributed by atoms with Crippen LogP contribution in [-0.2, 0) is 4.74 Å². The van der Waals surface area contributed by atoms with Gasteiger partial charge in [0.25, 0.3) is 0 Å². The van der Waals surface area contributed by atoms with Gasteiger partial charge in [-0.2, -0.15) is 0 Å². The van der Waals surface area contributed by atoms with Gasteiger partial charge in [0.15, 0.2) is 0 Å². The molecule has 0 spiro atoms. The summed E-state index contributed by atoms with van der Waals surface area (Å²) in [5.74, 6) is 0. The van der Waals surface area contributed by atoms with E-state index in [2.05, 4.69) is 24.1 Å². The van der Waals surface area contributed by atoms with Gasteiger partial charge in [0.1, 0.15) is 0 Å². The molecule has 1 saturated carbocycles. The molecule has 1 heterocycles. The number of hydrogen-bond donors (Lipinski definition) is 1. The Morgan fingerprint density at radius 2 is 2.12 bits per heavy atom. The third kappa shape index (κ3) is 3.94. The third-order valence-corrected chi connectivity index (χ3v) is 4.02. The minimum absolute atomic E-state index is 0.538. The first kappa shape index (κ1) is 13.3. The lowest BCUT2D eigenvalue weighted by Crippen LogP contribution is -2.53. The predicted molar refractivity (Wildman–Crippen MR) is 71.3 cm³/mol. The molecule has 3 nitrogen and oxygen atoms in total. The highest BCUT2D eigenvalue weighted by Gasteiger charge is 2.33. The molecule has 0 bridgehead atoms. The van der Waals surface area contributed by atoms with Crippen LogP contribution in [0.15, 0.2) is 0 Å². The zero-order chi connectivity index (χ0) is 12.1. The molecule has 0 aromatic rings. The number of morpholine rings is 1. The number of ether oxygens (including phenoxy) is 1. The van der Waals surface area contributed by atoms with E-state index in [0.717, 1.165) is 25.7 Å². The van der Waals surface area contributed by atoms with Crippen LogP contribution in [0.25, 0.3) is 0 Å². The number of nitrogens with zero attached hydrogens (tertiary/aromatic N) is 1. The van der Waals surface area contributed by atoms with Crippen LogP contribution < -0.4 is 5.32 Å². The standard InChI is InChI=1S/C14H28N2O/c1-12(2)15-8-5-9-16-10-11-17-14-7-4-3-6-13(14)16/h12-15H,3-11H2,1-2H3. The van der Waals surface area contributed by atoms with Crippen LogP contribution in [0.5, 0.6) is 0 Å². The Hall–Kier alpha value is -0.120. The maximum atomic E-state index is 5.90. The van der Waals surface area contributed by atoms with Gasteiger partial charge in [-0.3, -0.25) is 4.90 Å². The molecule has 100 valence electrons. The molecule has 1 N–H and O–H groups in total. The molecule has 3 heteroatoms. The fourth-order valence-electron chi connectivity index (χ4n) is 3.13. The Labute approximate surface area is 106 Å². The van der Waals surface area contributed by atoms with E-state index in [1.807, 2.05) is 0 Å². The lowest BCUT2D eigenvalue weighted by Gasteiger charge is -2.44. The van der Waals surface area contributed by atoms with Gasteiger partial charge in [0, 0.05) is 18.6 Å². The zero-order valence-corrected chi connectivity index (χ0v) is 11.5. The molecule has 1 aliphatic carbocycles. The number of rotatable bonds is 5. The van der Waals surface area contributed by atoms with Crippen LogP contribution in [0.2, 0.25) is 0 Å². The Bertz CT molecular complexity index is 218. The second kappa shape index (κ2) is 6.72. The van der Waals surface area contributed by atoms with E-state index in [4.69, 9.17) is 4.74 Å². The van der Waals surface area contributed by atoms with Crippen LogP contribution in [0, 0.1) is 0 Å². The number of hydrogen-bond acceptors (Lipinski definition) is 3. The average Bonchev–Trinajstić information content (AvgIpc) is 2.34. The van der Waals surface area contributed by atoms with Gasteiger partial charge in [0.05, 0.1) is 12.7 Å². The molecule has 2 unspecified atom stereocenters. The largest absolute Gasteiger partial charge is 0.375 e. The quantitative estimate of drug-likeness (QED) is 0.744. The summed E-state index contributed by atoms with van der Waals surface area (Å²) in [6.07, 6.45) is 7.19. The summed E-state index contributed by atoms with van der Waals surface area (Å²) in [6.45, 7) is 8.90. The Morgan fingerprint density at radius 3 is 2.94 bits per heavy atom. The maximum Gasteiger partial charge on any atom is 0.0730 e. The molecule has 0 aromatic carbocycles. The molecule has 2 fully saturated rings. The highest BCUT2D eigenvalue weighted by Crippen LogP contribution is 2.28. The number of nitrogens with one attached hydrogen (secondary N) is 1. The van der Waals surface area contributed by atoms with Gasteiger partial charge >= 0.3 is 0 Å². The molecule has 1 aliphatic heterocycles. The third-order valence-electron chi connectivity index (χ3n) is 4.02. The van der Waals surface area contributed by atoms with Gasteiger partial charge < -0.3 is 10.1 Å². The summed E-state index contributed by atoms with van der Waals surface area (Å²) in [7, 11) is 0. The zero-order valence-electron chi connectivity index (χ0n) is 11.5. The molecule has 17 heavy (non-hydrogen) atoms. The van der Waals surface area contributed by atoms with Crippen LogP contribution in [0.4, 0.5) is 0 Å². The van der Waals surface area contributed by atoms with Gasteiger partial charge in [-0.1, -0.05) is 26.7 Å². The monoisotopic (exact) mass is 240 g/mol. The van der Waals surface area contributed by atoms with Gasteiger partial charge in [0.2, 0.25) is 0 Å². The summed E-state index contributed by atoms with van der Waals surface area (Å²) < 4.78 is 5.90. The van der Waals surface area contributed by atoms with Crippen LogP contribution in [0.1, 0.15) is 46.0 Å². The Balaban J connectivity index is 1.71. The molecule has 1 saturated heterocycles. The van der Waals surface area contributed by atoms with Crippen molar-refractivity contribution in [2.45, 2.75) is 64.1 Å².